The summed E-state index contributed by atoms with van der Waals surface area (Å²) in [4.78, 5) is 14.8. The van der Waals surface area contributed by atoms with Crippen LogP contribution in [-0.2, 0) is 4.79 Å². The molecule has 0 spiro atoms. The summed E-state index contributed by atoms with van der Waals surface area (Å²) in [5, 5.41) is 6.94. The average molecular weight is 380 g/mol. The van der Waals surface area contributed by atoms with E-state index in [1.165, 1.54) is 12.1 Å². The molecule has 0 bridgehead atoms. The van der Waals surface area contributed by atoms with Crippen LogP contribution in [0.3, 0.4) is 0 Å². The monoisotopic (exact) mass is 379 g/mol. The molecule has 0 saturated carbocycles. The number of hydrogen-bond donors (Lipinski definition) is 2. The molecule has 6 heteroatoms. The number of carbonyl (C=O) groups excluding carboxylic acids is 1. The van der Waals surface area contributed by atoms with E-state index >= 15 is 0 Å². The lowest BCUT2D eigenvalue weighted by Crippen LogP contribution is -2.42. The highest BCUT2D eigenvalue weighted by atomic mass is 32.1. The van der Waals surface area contributed by atoms with Crippen LogP contribution in [-0.4, -0.2) is 41.6 Å². The van der Waals surface area contributed by atoms with E-state index in [9.17, 15) is 9.18 Å². The summed E-state index contributed by atoms with van der Waals surface area (Å²) in [6.07, 6.45) is 0.945. The molecule has 26 heavy (non-hydrogen) atoms. The number of thiocarbonyl (C=S) groups is 1. The van der Waals surface area contributed by atoms with Gasteiger partial charge in [-0.15, -0.1) is 0 Å². The van der Waals surface area contributed by atoms with Crippen LogP contribution >= 0.6 is 12.2 Å². The van der Waals surface area contributed by atoms with Gasteiger partial charge in [-0.2, -0.15) is 0 Å². The van der Waals surface area contributed by atoms with Gasteiger partial charge in [-0.25, -0.2) is 4.39 Å². The third-order valence-electron chi connectivity index (χ3n) is 4.65. The maximum absolute atomic E-state index is 13.7. The Morgan fingerprint density at radius 2 is 2.04 bits per heavy atom. The van der Waals surface area contributed by atoms with E-state index in [0.29, 0.717) is 30.7 Å². The molecule has 1 aromatic rings. The summed E-state index contributed by atoms with van der Waals surface area (Å²) >= 11 is 5.49. The number of carbonyl (C=O) groups is 1. The Hall–Kier alpha value is -1.69. The summed E-state index contributed by atoms with van der Waals surface area (Å²) in [7, 11) is 0. The summed E-state index contributed by atoms with van der Waals surface area (Å²) in [5.74, 6) is -0.0256. The van der Waals surface area contributed by atoms with Crippen LogP contribution < -0.4 is 10.6 Å². The van der Waals surface area contributed by atoms with E-state index in [0.717, 1.165) is 12.0 Å². The van der Waals surface area contributed by atoms with Crippen molar-refractivity contribution in [2.75, 3.05) is 19.6 Å². The van der Waals surface area contributed by atoms with Crippen LogP contribution in [0.5, 0.6) is 0 Å². The van der Waals surface area contributed by atoms with Gasteiger partial charge in [-0.3, -0.25) is 4.79 Å². The third-order valence-corrected chi connectivity index (χ3v) is 5.03. The fourth-order valence-electron chi connectivity index (χ4n) is 3.26. The topological polar surface area (TPSA) is 44.4 Å². The van der Waals surface area contributed by atoms with Gasteiger partial charge in [0.1, 0.15) is 5.82 Å². The highest BCUT2D eigenvalue weighted by Crippen LogP contribution is 2.33. The minimum absolute atomic E-state index is 0.0229. The summed E-state index contributed by atoms with van der Waals surface area (Å²) in [6.45, 7) is 10.2. The van der Waals surface area contributed by atoms with E-state index in [4.69, 9.17) is 12.2 Å². The molecule has 2 atom stereocenters. The maximum atomic E-state index is 13.7. The molecule has 1 fully saturated rings. The Labute approximate surface area is 161 Å². The summed E-state index contributed by atoms with van der Waals surface area (Å²) in [6, 6.07) is 6.78. The predicted molar refractivity (Wildman–Crippen MR) is 108 cm³/mol. The van der Waals surface area contributed by atoms with Crippen molar-refractivity contribution in [2.24, 2.45) is 11.8 Å². The van der Waals surface area contributed by atoms with Gasteiger partial charge in [0.25, 0.3) is 0 Å². The Morgan fingerprint density at radius 1 is 1.31 bits per heavy atom. The number of halogens is 1. The number of benzene rings is 1. The van der Waals surface area contributed by atoms with Gasteiger partial charge in [0.15, 0.2) is 5.11 Å². The van der Waals surface area contributed by atoms with Gasteiger partial charge < -0.3 is 15.5 Å². The standard InChI is InChI=1S/C20H30FN3OS/c1-13(2)8-9-22-19(25)18-12-24(20(26)23-14(3)4)11-17(18)15-6-5-7-16(21)10-15/h5-7,10,13-14,17-18H,8-9,11-12H2,1-4H3,(H,22,25)(H,23,26). The first-order valence-electron chi connectivity index (χ1n) is 9.36. The summed E-state index contributed by atoms with van der Waals surface area (Å²) in [5.41, 5.74) is 0.851. The molecule has 1 heterocycles. The molecule has 0 radical (unpaired) electrons. The van der Waals surface area contributed by atoms with Crippen LogP contribution in [0.4, 0.5) is 4.39 Å². The highest BCUT2D eigenvalue weighted by molar-refractivity contribution is 7.80. The molecule has 1 aliphatic heterocycles. The first-order valence-corrected chi connectivity index (χ1v) is 9.77. The van der Waals surface area contributed by atoms with Crippen LogP contribution in [0.15, 0.2) is 24.3 Å². The van der Waals surface area contributed by atoms with Crippen molar-refractivity contribution in [3.05, 3.63) is 35.6 Å². The quantitative estimate of drug-likeness (QED) is 0.745. The Kier molecular flexibility index (Phi) is 7.38. The van der Waals surface area contributed by atoms with Gasteiger partial charge in [0.05, 0.1) is 5.92 Å². The Balaban J connectivity index is 2.14. The van der Waals surface area contributed by atoms with Crippen LogP contribution in [0.2, 0.25) is 0 Å². The van der Waals surface area contributed by atoms with Crippen molar-refractivity contribution in [3.63, 3.8) is 0 Å². The molecular formula is C20H30FN3OS. The van der Waals surface area contributed by atoms with E-state index in [1.807, 2.05) is 24.8 Å². The molecule has 2 unspecified atom stereocenters. The first kappa shape index (κ1) is 20.6. The first-order chi connectivity index (χ1) is 12.3. The second-order valence-electron chi connectivity index (χ2n) is 7.75. The van der Waals surface area contributed by atoms with Gasteiger partial charge in [0, 0.05) is 31.6 Å². The Bertz CT molecular complexity index is 635. The van der Waals surface area contributed by atoms with Crippen molar-refractivity contribution in [1.29, 1.82) is 0 Å². The molecule has 1 saturated heterocycles. The van der Waals surface area contributed by atoms with E-state index < -0.39 is 0 Å². The van der Waals surface area contributed by atoms with E-state index in [1.54, 1.807) is 6.07 Å². The zero-order valence-corrected chi connectivity index (χ0v) is 16.9. The molecule has 1 amide bonds. The molecule has 0 aliphatic carbocycles. The van der Waals surface area contributed by atoms with Crippen LogP contribution in [0.1, 0.15) is 45.6 Å². The van der Waals surface area contributed by atoms with Gasteiger partial charge >= 0.3 is 0 Å². The lowest BCUT2D eigenvalue weighted by molar-refractivity contribution is -0.124. The number of rotatable bonds is 6. The van der Waals surface area contributed by atoms with Crippen molar-refractivity contribution < 1.29 is 9.18 Å². The molecule has 2 N–H and O–H groups in total. The van der Waals surface area contributed by atoms with Gasteiger partial charge in [0.2, 0.25) is 5.91 Å². The number of nitrogens with zero attached hydrogens (tertiary/aromatic N) is 1. The van der Waals surface area contributed by atoms with Crippen LogP contribution in [0.25, 0.3) is 0 Å². The smallest absolute Gasteiger partial charge is 0.225 e. The van der Waals surface area contributed by atoms with E-state index in [-0.39, 0.29) is 29.6 Å². The minimum atomic E-state index is -0.275. The number of likely N-dealkylation sites (tertiary alicyclic amines) is 1. The molecular weight excluding hydrogens is 349 g/mol. The number of hydrogen-bond acceptors (Lipinski definition) is 2. The largest absolute Gasteiger partial charge is 0.360 e. The van der Waals surface area contributed by atoms with Crippen molar-refractivity contribution in [3.8, 4) is 0 Å². The lowest BCUT2D eigenvalue weighted by atomic mass is 9.88. The molecule has 144 valence electrons. The van der Waals surface area contributed by atoms with Crippen molar-refractivity contribution >= 4 is 23.2 Å². The fourth-order valence-corrected chi connectivity index (χ4v) is 3.65. The lowest BCUT2D eigenvalue weighted by Gasteiger charge is -2.22. The predicted octanol–water partition coefficient (Wildman–Crippen LogP) is 3.29. The van der Waals surface area contributed by atoms with E-state index in [2.05, 4.69) is 24.5 Å². The van der Waals surface area contributed by atoms with Crippen molar-refractivity contribution in [1.82, 2.24) is 15.5 Å². The fraction of sp³-hybridized carbons (Fsp3) is 0.600. The second-order valence-corrected chi connectivity index (χ2v) is 8.14. The Morgan fingerprint density at radius 3 is 2.65 bits per heavy atom. The minimum Gasteiger partial charge on any atom is -0.360 e. The SMILES string of the molecule is CC(C)CCNC(=O)C1CN(C(=S)NC(C)C)CC1c1cccc(F)c1. The second kappa shape index (κ2) is 9.31. The normalized spacial score (nSPS) is 19.9. The number of amides is 1. The zero-order chi connectivity index (χ0) is 19.3. The molecule has 1 aromatic carbocycles. The number of nitrogens with one attached hydrogen (secondary N) is 2. The molecule has 1 aliphatic rings. The third kappa shape index (κ3) is 5.66. The van der Waals surface area contributed by atoms with Gasteiger partial charge in [-0.1, -0.05) is 26.0 Å². The van der Waals surface area contributed by atoms with Gasteiger partial charge in [-0.05, 0) is 56.1 Å². The zero-order valence-electron chi connectivity index (χ0n) is 16.1. The summed E-state index contributed by atoms with van der Waals surface area (Å²) < 4.78 is 13.7. The average Bonchev–Trinajstić information content (AvgIpc) is 2.99. The molecule has 4 nitrogen and oxygen atoms in total. The molecule has 0 aromatic heterocycles. The molecule has 2 rings (SSSR count). The highest BCUT2D eigenvalue weighted by Gasteiger charge is 2.39. The maximum Gasteiger partial charge on any atom is 0.225 e. The van der Waals surface area contributed by atoms with Crippen LogP contribution in [0, 0.1) is 17.7 Å². The van der Waals surface area contributed by atoms with Crippen molar-refractivity contribution in [2.45, 2.75) is 46.1 Å².